The molecule has 0 aliphatic heterocycles. The molecule has 0 amide bonds. The molecule has 5 nitrogen and oxygen atoms in total. The van der Waals surface area contributed by atoms with Gasteiger partial charge in [0.05, 0.1) is 16.0 Å². The molecule has 94 valence electrons. The molecule has 0 saturated heterocycles. The summed E-state index contributed by atoms with van der Waals surface area (Å²) in [6.45, 7) is 0. The molecule has 1 heterocycles. The molecule has 0 aliphatic rings. The average molecular weight is 274 g/mol. The van der Waals surface area contributed by atoms with Crippen LogP contribution in [0.25, 0.3) is 22.4 Å². The Morgan fingerprint density at radius 3 is 2.74 bits per heavy atom. The van der Waals surface area contributed by atoms with Gasteiger partial charge in [0.2, 0.25) is 0 Å². The Morgan fingerprint density at radius 1 is 1.21 bits per heavy atom. The minimum Gasteiger partial charge on any atom is -0.338 e. The van der Waals surface area contributed by atoms with E-state index in [0.29, 0.717) is 11.4 Å². The Hall–Kier alpha value is -2.40. The van der Waals surface area contributed by atoms with Crippen LogP contribution in [0.1, 0.15) is 0 Å². The summed E-state index contributed by atoms with van der Waals surface area (Å²) in [5.74, 6) is 0.584. The molecule has 0 unspecified atom stereocenters. The van der Waals surface area contributed by atoms with E-state index in [9.17, 15) is 10.1 Å². The molecule has 0 saturated carbocycles. The maximum atomic E-state index is 10.9. The molecule has 0 aliphatic carbocycles. The van der Waals surface area contributed by atoms with Crippen LogP contribution in [0.3, 0.4) is 0 Å². The van der Waals surface area contributed by atoms with E-state index in [4.69, 9.17) is 11.6 Å². The fourth-order valence-electron chi connectivity index (χ4n) is 1.89. The number of H-pyrrole nitrogens is 1. The van der Waals surface area contributed by atoms with Crippen molar-refractivity contribution in [3.63, 3.8) is 0 Å². The number of hydrogen-bond acceptors (Lipinski definition) is 3. The zero-order valence-corrected chi connectivity index (χ0v) is 10.4. The van der Waals surface area contributed by atoms with Gasteiger partial charge in [-0.15, -0.1) is 0 Å². The van der Waals surface area contributed by atoms with E-state index in [2.05, 4.69) is 9.97 Å². The molecule has 6 heteroatoms. The van der Waals surface area contributed by atoms with Crippen molar-refractivity contribution in [2.75, 3.05) is 0 Å². The van der Waals surface area contributed by atoms with Crippen LogP contribution in [0, 0.1) is 10.1 Å². The fourth-order valence-corrected chi connectivity index (χ4v) is 2.08. The van der Waals surface area contributed by atoms with Gasteiger partial charge < -0.3 is 4.98 Å². The highest BCUT2D eigenvalue weighted by Crippen LogP contribution is 2.29. The molecule has 2 aromatic carbocycles. The SMILES string of the molecule is O=[N+]([O-])c1cc(-c2nc3ccccc3[nH]2)ccc1Cl. The van der Waals surface area contributed by atoms with Gasteiger partial charge in [-0.1, -0.05) is 23.7 Å². The number of rotatable bonds is 2. The smallest absolute Gasteiger partial charge is 0.288 e. The van der Waals surface area contributed by atoms with Crippen molar-refractivity contribution in [2.45, 2.75) is 0 Å². The summed E-state index contributed by atoms with van der Waals surface area (Å²) in [7, 11) is 0. The number of fused-ring (bicyclic) bond motifs is 1. The zero-order chi connectivity index (χ0) is 13.4. The molecule has 0 fully saturated rings. The lowest BCUT2D eigenvalue weighted by atomic mass is 10.2. The molecule has 1 aromatic heterocycles. The number of nitrogens with zero attached hydrogens (tertiary/aromatic N) is 2. The van der Waals surface area contributed by atoms with Crippen molar-refractivity contribution in [1.82, 2.24) is 9.97 Å². The Morgan fingerprint density at radius 2 is 2.00 bits per heavy atom. The van der Waals surface area contributed by atoms with E-state index in [-0.39, 0.29) is 10.7 Å². The Labute approximate surface area is 113 Å². The normalized spacial score (nSPS) is 10.8. The second kappa shape index (κ2) is 4.37. The molecule has 3 rings (SSSR count). The van der Waals surface area contributed by atoms with Gasteiger partial charge in [0.1, 0.15) is 10.8 Å². The Bertz CT molecular complexity index is 749. The first-order valence-electron chi connectivity index (χ1n) is 5.54. The monoisotopic (exact) mass is 273 g/mol. The first-order valence-corrected chi connectivity index (χ1v) is 5.92. The van der Waals surface area contributed by atoms with Crippen molar-refractivity contribution in [3.05, 3.63) is 57.6 Å². The minimum absolute atomic E-state index is 0.116. The van der Waals surface area contributed by atoms with Crippen molar-refractivity contribution in [1.29, 1.82) is 0 Å². The first kappa shape index (κ1) is 11.7. The fraction of sp³-hybridized carbons (Fsp3) is 0. The van der Waals surface area contributed by atoms with Crippen LogP contribution in [0.2, 0.25) is 5.02 Å². The van der Waals surface area contributed by atoms with Crippen LogP contribution < -0.4 is 0 Å². The average Bonchev–Trinajstić information content (AvgIpc) is 2.82. The predicted octanol–water partition coefficient (Wildman–Crippen LogP) is 3.79. The molecule has 19 heavy (non-hydrogen) atoms. The van der Waals surface area contributed by atoms with Crippen LogP contribution in [0.5, 0.6) is 0 Å². The zero-order valence-electron chi connectivity index (χ0n) is 9.63. The molecule has 0 radical (unpaired) electrons. The van der Waals surface area contributed by atoms with Crippen LogP contribution in [-0.2, 0) is 0 Å². The first-order chi connectivity index (χ1) is 9.15. The third-order valence-electron chi connectivity index (χ3n) is 2.81. The maximum absolute atomic E-state index is 10.9. The van der Waals surface area contributed by atoms with Gasteiger partial charge >= 0.3 is 0 Å². The van der Waals surface area contributed by atoms with Gasteiger partial charge in [-0.25, -0.2) is 4.98 Å². The number of nitro groups is 1. The quantitative estimate of drug-likeness (QED) is 0.570. The number of benzene rings is 2. The number of imidazole rings is 1. The van der Waals surface area contributed by atoms with Crippen molar-refractivity contribution < 1.29 is 4.92 Å². The van der Waals surface area contributed by atoms with Crippen LogP contribution in [0.4, 0.5) is 5.69 Å². The number of nitrogens with one attached hydrogen (secondary N) is 1. The van der Waals surface area contributed by atoms with Gasteiger partial charge in [-0.2, -0.15) is 0 Å². The lowest BCUT2D eigenvalue weighted by Gasteiger charge is -1.98. The third kappa shape index (κ3) is 2.04. The summed E-state index contributed by atoms with van der Waals surface area (Å²) < 4.78 is 0. The highest BCUT2D eigenvalue weighted by atomic mass is 35.5. The number of hydrogen-bond donors (Lipinski definition) is 1. The van der Waals surface area contributed by atoms with Gasteiger partial charge in [0.25, 0.3) is 5.69 Å². The molecular weight excluding hydrogens is 266 g/mol. The van der Waals surface area contributed by atoms with Crippen molar-refractivity contribution in [2.24, 2.45) is 0 Å². The number of aromatic amines is 1. The van der Waals surface area contributed by atoms with E-state index in [1.807, 2.05) is 24.3 Å². The van der Waals surface area contributed by atoms with Crippen LogP contribution in [-0.4, -0.2) is 14.9 Å². The summed E-state index contributed by atoms with van der Waals surface area (Å²) in [4.78, 5) is 17.9. The molecule has 0 spiro atoms. The van der Waals surface area contributed by atoms with Crippen molar-refractivity contribution >= 4 is 28.3 Å². The largest absolute Gasteiger partial charge is 0.338 e. The summed E-state index contributed by atoms with van der Waals surface area (Å²) in [5.41, 5.74) is 2.21. The number of para-hydroxylation sites is 2. The second-order valence-corrected chi connectivity index (χ2v) is 4.43. The summed E-state index contributed by atoms with van der Waals surface area (Å²) in [5, 5.41) is 11.0. The topological polar surface area (TPSA) is 71.8 Å². The Balaban J connectivity index is 2.16. The van der Waals surface area contributed by atoms with Crippen LogP contribution >= 0.6 is 11.6 Å². The number of aromatic nitrogens is 2. The van der Waals surface area contributed by atoms with E-state index in [1.165, 1.54) is 12.1 Å². The second-order valence-electron chi connectivity index (χ2n) is 4.03. The Kier molecular flexibility index (Phi) is 2.68. The summed E-state index contributed by atoms with van der Waals surface area (Å²) in [6.07, 6.45) is 0. The maximum Gasteiger partial charge on any atom is 0.288 e. The lowest BCUT2D eigenvalue weighted by molar-refractivity contribution is -0.384. The predicted molar refractivity (Wildman–Crippen MR) is 73.2 cm³/mol. The van der Waals surface area contributed by atoms with Crippen molar-refractivity contribution in [3.8, 4) is 11.4 Å². The summed E-state index contributed by atoms with van der Waals surface area (Å²) >= 11 is 5.79. The minimum atomic E-state index is -0.505. The number of halogens is 1. The van der Waals surface area contributed by atoms with E-state index in [0.717, 1.165) is 11.0 Å². The van der Waals surface area contributed by atoms with E-state index >= 15 is 0 Å². The standard InChI is InChI=1S/C13H8ClN3O2/c14-9-6-5-8(7-12(9)17(18)19)13-15-10-3-1-2-4-11(10)16-13/h1-7H,(H,15,16). The van der Waals surface area contributed by atoms with Gasteiger partial charge in [-0.05, 0) is 24.3 Å². The highest BCUT2D eigenvalue weighted by molar-refractivity contribution is 6.32. The molecule has 0 bridgehead atoms. The van der Waals surface area contributed by atoms with Gasteiger partial charge in [0.15, 0.2) is 0 Å². The number of nitro benzene ring substituents is 1. The van der Waals surface area contributed by atoms with E-state index < -0.39 is 4.92 Å². The lowest BCUT2D eigenvalue weighted by Crippen LogP contribution is -1.90. The molecular formula is C13H8ClN3O2. The molecule has 3 aromatic rings. The van der Waals surface area contributed by atoms with Gasteiger partial charge in [-0.3, -0.25) is 10.1 Å². The molecule has 1 N–H and O–H groups in total. The third-order valence-corrected chi connectivity index (χ3v) is 3.13. The molecule has 0 atom stereocenters. The van der Waals surface area contributed by atoms with Crippen LogP contribution in [0.15, 0.2) is 42.5 Å². The van der Waals surface area contributed by atoms with Gasteiger partial charge in [0, 0.05) is 11.6 Å². The van der Waals surface area contributed by atoms with E-state index in [1.54, 1.807) is 6.07 Å². The summed E-state index contributed by atoms with van der Waals surface area (Å²) in [6, 6.07) is 12.2. The highest BCUT2D eigenvalue weighted by Gasteiger charge is 2.15.